The summed E-state index contributed by atoms with van der Waals surface area (Å²) in [5.41, 5.74) is 8.48. The topological polar surface area (TPSA) is 75.9 Å². The SMILES string of the molecule is c1ccc(C2=NC(c3ccc4c(-c5cccc6oc7ccccc7c56)cccc4c3)=NC(c3cncc4oc5ccccc5c34)N2)cc1. The van der Waals surface area contributed by atoms with Crippen molar-refractivity contribution < 1.29 is 8.83 Å². The van der Waals surface area contributed by atoms with Crippen LogP contribution in [-0.2, 0) is 0 Å². The fraction of sp³-hybridized carbons (Fsp3) is 0.0238. The highest BCUT2D eigenvalue weighted by Crippen LogP contribution is 2.40. The number of rotatable bonds is 4. The molecule has 1 atom stereocenters. The van der Waals surface area contributed by atoms with E-state index in [2.05, 4.69) is 89.2 Å². The Labute approximate surface area is 274 Å². The Morgan fingerprint density at radius 3 is 2.08 bits per heavy atom. The van der Waals surface area contributed by atoms with Gasteiger partial charge in [0.25, 0.3) is 0 Å². The van der Waals surface area contributed by atoms with Crippen LogP contribution in [0, 0.1) is 0 Å². The molecular weight excluding hydrogens is 592 g/mol. The minimum absolute atomic E-state index is 0.432. The third kappa shape index (κ3) is 4.16. The number of pyridine rings is 1. The predicted octanol–water partition coefficient (Wildman–Crippen LogP) is 10.2. The summed E-state index contributed by atoms with van der Waals surface area (Å²) in [4.78, 5) is 14.8. The van der Waals surface area contributed by atoms with Crippen molar-refractivity contribution in [3.05, 3.63) is 163 Å². The van der Waals surface area contributed by atoms with Crippen LogP contribution in [0.25, 0.3) is 65.8 Å². The Balaban J connectivity index is 1.14. The molecule has 10 rings (SSSR count). The highest BCUT2D eigenvalue weighted by molar-refractivity contribution is 6.17. The monoisotopic (exact) mass is 618 g/mol. The molecule has 48 heavy (non-hydrogen) atoms. The van der Waals surface area contributed by atoms with Gasteiger partial charge in [-0.1, -0.05) is 109 Å². The zero-order valence-electron chi connectivity index (χ0n) is 25.6. The lowest BCUT2D eigenvalue weighted by atomic mass is 9.93. The molecule has 1 aliphatic heterocycles. The van der Waals surface area contributed by atoms with Gasteiger partial charge < -0.3 is 14.2 Å². The van der Waals surface area contributed by atoms with Crippen LogP contribution in [0.3, 0.4) is 0 Å². The van der Waals surface area contributed by atoms with E-state index in [-0.39, 0.29) is 0 Å². The molecule has 0 bridgehead atoms. The fourth-order valence-corrected chi connectivity index (χ4v) is 7.05. The molecule has 1 N–H and O–H groups in total. The Kier molecular flexibility index (Phi) is 5.84. The zero-order valence-corrected chi connectivity index (χ0v) is 25.6. The van der Waals surface area contributed by atoms with Gasteiger partial charge in [-0.3, -0.25) is 4.98 Å². The smallest absolute Gasteiger partial charge is 0.159 e. The highest BCUT2D eigenvalue weighted by atomic mass is 16.3. The lowest BCUT2D eigenvalue weighted by Crippen LogP contribution is -2.33. The number of para-hydroxylation sites is 2. The first-order valence-corrected chi connectivity index (χ1v) is 16.0. The van der Waals surface area contributed by atoms with Crippen molar-refractivity contribution in [1.29, 1.82) is 0 Å². The van der Waals surface area contributed by atoms with E-state index in [1.165, 1.54) is 0 Å². The molecule has 0 radical (unpaired) electrons. The standard InChI is InChI=1S/C42H26N4O2/c1-2-10-25(11-3-1)40-44-41(46-42(45-40)33-23-43-24-37-39(33)32-14-5-7-18-35(32)48-37)27-20-21-28-26(22-27)12-8-15-29(28)30-16-9-19-36-38(30)31-13-4-6-17-34(31)47-36/h1-24,42H,(H,44,45,46). The summed E-state index contributed by atoms with van der Waals surface area (Å²) in [6.45, 7) is 0. The van der Waals surface area contributed by atoms with Crippen molar-refractivity contribution in [3.63, 3.8) is 0 Å². The summed E-state index contributed by atoms with van der Waals surface area (Å²) in [7, 11) is 0. The Morgan fingerprint density at radius 2 is 1.23 bits per heavy atom. The summed E-state index contributed by atoms with van der Waals surface area (Å²) >= 11 is 0. The molecule has 0 amide bonds. The first kappa shape index (κ1) is 26.7. The number of hydrogen-bond donors (Lipinski definition) is 1. The second-order valence-electron chi connectivity index (χ2n) is 12.0. The Bertz CT molecular complexity index is 2770. The molecule has 0 saturated heterocycles. The summed E-state index contributed by atoms with van der Waals surface area (Å²) in [5, 5.41) is 10.1. The normalized spacial score (nSPS) is 14.9. The van der Waals surface area contributed by atoms with Gasteiger partial charge in [0.05, 0.1) is 6.20 Å². The molecule has 6 aromatic carbocycles. The average Bonchev–Trinajstić information content (AvgIpc) is 3.73. The van der Waals surface area contributed by atoms with Gasteiger partial charge in [-0.2, -0.15) is 0 Å². The lowest BCUT2D eigenvalue weighted by Gasteiger charge is -2.24. The number of benzene rings is 6. The minimum Gasteiger partial charge on any atom is -0.456 e. The second kappa shape index (κ2) is 10.5. The molecule has 0 aliphatic carbocycles. The number of hydrogen-bond acceptors (Lipinski definition) is 6. The van der Waals surface area contributed by atoms with Crippen molar-refractivity contribution in [1.82, 2.24) is 10.3 Å². The number of aliphatic imine (C=N–C) groups is 2. The molecule has 4 heterocycles. The van der Waals surface area contributed by atoms with Crippen molar-refractivity contribution in [2.45, 2.75) is 6.17 Å². The third-order valence-electron chi connectivity index (χ3n) is 9.23. The van der Waals surface area contributed by atoms with E-state index in [1.807, 2.05) is 60.8 Å². The van der Waals surface area contributed by atoms with E-state index in [0.717, 1.165) is 88.3 Å². The van der Waals surface area contributed by atoms with Crippen LogP contribution < -0.4 is 5.32 Å². The molecule has 0 fully saturated rings. The van der Waals surface area contributed by atoms with E-state index in [9.17, 15) is 0 Å². The summed E-state index contributed by atoms with van der Waals surface area (Å²) in [6, 6.07) is 45.7. The van der Waals surface area contributed by atoms with E-state index in [1.54, 1.807) is 6.20 Å². The van der Waals surface area contributed by atoms with Crippen LogP contribution in [0.5, 0.6) is 0 Å². The first-order chi connectivity index (χ1) is 23.8. The number of furan rings is 2. The van der Waals surface area contributed by atoms with Crippen LogP contribution in [0.1, 0.15) is 22.9 Å². The van der Waals surface area contributed by atoms with E-state index in [4.69, 9.17) is 18.8 Å². The first-order valence-electron chi connectivity index (χ1n) is 16.0. The van der Waals surface area contributed by atoms with Crippen molar-refractivity contribution in [2.24, 2.45) is 9.98 Å². The van der Waals surface area contributed by atoms with E-state index in [0.29, 0.717) is 5.84 Å². The van der Waals surface area contributed by atoms with Crippen LogP contribution in [0.2, 0.25) is 0 Å². The largest absolute Gasteiger partial charge is 0.456 e. The van der Waals surface area contributed by atoms with Gasteiger partial charge in [0.15, 0.2) is 17.6 Å². The van der Waals surface area contributed by atoms with Gasteiger partial charge in [-0.25, -0.2) is 9.98 Å². The number of nitrogens with zero attached hydrogens (tertiary/aromatic N) is 3. The van der Waals surface area contributed by atoms with Crippen LogP contribution in [0.15, 0.2) is 165 Å². The lowest BCUT2D eigenvalue weighted by molar-refractivity contribution is 0.658. The molecule has 6 heteroatoms. The zero-order chi connectivity index (χ0) is 31.6. The molecule has 0 saturated carbocycles. The molecule has 0 spiro atoms. The van der Waals surface area contributed by atoms with Gasteiger partial charge in [-0.15, -0.1) is 0 Å². The molecule has 6 nitrogen and oxygen atoms in total. The van der Waals surface area contributed by atoms with Gasteiger partial charge in [-0.05, 0) is 46.2 Å². The Morgan fingerprint density at radius 1 is 0.521 bits per heavy atom. The van der Waals surface area contributed by atoms with Crippen molar-refractivity contribution in [2.75, 3.05) is 0 Å². The Hall–Kier alpha value is -6.53. The third-order valence-corrected chi connectivity index (χ3v) is 9.23. The second-order valence-corrected chi connectivity index (χ2v) is 12.0. The maximum Gasteiger partial charge on any atom is 0.159 e. The van der Waals surface area contributed by atoms with Crippen LogP contribution in [0.4, 0.5) is 0 Å². The predicted molar refractivity (Wildman–Crippen MR) is 194 cm³/mol. The molecule has 1 aliphatic rings. The van der Waals surface area contributed by atoms with Gasteiger partial charge in [0.2, 0.25) is 0 Å². The highest BCUT2D eigenvalue weighted by Gasteiger charge is 2.25. The van der Waals surface area contributed by atoms with E-state index < -0.39 is 6.17 Å². The summed E-state index contributed by atoms with van der Waals surface area (Å²) in [5.74, 6) is 1.40. The van der Waals surface area contributed by atoms with Crippen molar-refractivity contribution >= 4 is 66.3 Å². The number of amidine groups is 2. The number of aromatic nitrogens is 1. The maximum atomic E-state index is 6.22. The minimum atomic E-state index is -0.432. The van der Waals surface area contributed by atoms with Gasteiger partial charge in [0, 0.05) is 44.4 Å². The molecule has 226 valence electrons. The molecule has 9 aromatic rings. The quantitative estimate of drug-likeness (QED) is 0.213. The van der Waals surface area contributed by atoms with E-state index >= 15 is 0 Å². The summed E-state index contributed by atoms with van der Waals surface area (Å²) in [6.07, 6.45) is 3.22. The van der Waals surface area contributed by atoms with Gasteiger partial charge in [0.1, 0.15) is 22.6 Å². The number of fused-ring (bicyclic) bond motifs is 7. The van der Waals surface area contributed by atoms with Crippen LogP contribution >= 0.6 is 0 Å². The number of nitrogens with one attached hydrogen (secondary N) is 1. The fourth-order valence-electron chi connectivity index (χ4n) is 7.05. The van der Waals surface area contributed by atoms with Crippen LogP contribution in [-0.4, -0.2) is 16.7 Å². The summed E-state index contributed by atoms with van der Waals surface area (Å²) < 4.78 is 12.4. The van der Waals surface area contributed by atoms with Crippen molar-refractivity contribution in [3.8, 4) is 11.1 Å². The molecule has 1 unspecified atom stereocenters. The molecule has 3 aromatic heterocycles. The van der Waals surface area contributed by atoms with Gasteiger partial charge >= 0.3 is 0 Å². The average molecular weight is 619 g/mol. The molecular formula is C42H26N4O2. The maximum absolute atomic E-state index is 6.22.